The number of aromatic nitrogens is 3. The van der Waals surface area contributed by atoms with Crippen LogP contribution in [0.5, 0.6) is 0 Å². The molecular formula is C25H28N4O2S2. The zero-order valence-electron chi connectivity index (χ0n) is 18.6. The molecule has 0 atom stereocenters. The third-order valence-corrected chi connectivity index (χ3v) is 7.91. The standard InChI is InChI=1S/C25H28N4O2S2/c1-2-3-4-6-19-8-10-21(11-9-19)33(30,31)27-17-14-22-24(20-12-15-26-16-13-20)28-29-25(22)23-7-5-18-32-23/h5,7-13,15-16,18,27H,2-4,6,14,17H2,1H3,(H,28,29). The molecule has 0 spiro atoms. The Kier molecular flexibility index (Phi) is 7.69. The second-order valence-corrected chi connectivity index (χ2v) is 10.6. The molecule has 0 fully saturated rings. The second-order valence-electron chi connectivity index (χ2n) is 7.89. The van der Waals surface area contributed by atoms with Crippen LogP contribution in [-0.2, 0) is 22.9 Å². The number of pyridine rings is 1. The molecule has 0 amide bonds. The van der Waals surface area contributed by atoms with Crippen LogP contribution in [0.2, 0.25) is 0 Å². The molecule has 8 heteroatoms. The number of unbranched alkanes of at least 4 members (excludes halogenated alkanes) is 2. The van der Waals surface area contributed by atoms with Gasteiger partial charge in [-0.3, -0.25) is 10.1 Å². The first kappa shape index (κ1) is 23.4. The average molecular weight is 481 g/mol. The van der Waals surface area contributed by atoms with E-state index in [1.165, 1.54) is 18.4 Å². The van der Waals surface area contributed by atoms with Crippen molar-refractivity contribution in [3.8, 4) is 21.8 Å². The van der Waals surface area contributed by atoms with Crippen LogP contribution in [0.4, 0.5) is 0 Å². The molecule has 0 aliphatic carbocycles. The van der Waals surface area contributed by atoms with E-state index in [2.05, 4.69) is 26.8 Å². The minimum absolute atomic E-state index is 0.274. The zero-order chi connectivity index (χ0) is 23.1. The maximum Gasteiger partial charge on any atom is 0.240 e. The van der Waals surface area contributed by atoms with E-state index in [1.807, 2.05) is 41.8 Å². The van der Waals surface area contributed by atoms with Crippen LogP contribution in [-0.4, -0.2) is 30.1 Å². The molecule has 0 aliphatic rings. The summed E-state index contributed by atoms with van der Waals surface area (Å²) in [5.41, 5.74) is 4.86. The van der Waals surface area contributed by atoms with Crippen LogP contribution < -0.4 is 4.72 Å². The summed E-state index contributed by atoms with van der Waals surface area (Å²) in [4.78, 5) is 5.43. The van der Waals surface area contributed by atoms with Gasteiger partial charge in [0.1, 0.15) is 5.69 Å². The first-order chi connectivity index (χ1) is 16.1. The third-order valence-electron chi connectivity index (χ3n) is 5.56. The van der Waals surface area contributed by atoms with E-state index in [-0.39, 0.29) is 6.54 Å². The molecule has 3 aromatic heterocycles. The number of H-pyrrole nitrogens is 1. The summed E-state index contributed by atoms with van der Waals surface area (Å²) >= 11 is 1.61. The molecule has 0 saturated carbocycles. The lowest BCUT2D eigenvalue weighted by Crippen LogP contribution is -2.26. The molecule has 4 aromatic rings. The number of rotatable bonds is 11. The number of nitrogens with zero attached hydrogens (tertiary/aromatic N) is 2. The van der Waals surface area contributed by atoms with Crippen molar-refractivity contribution < 1.29 is 8.42 Å². The van der Waals surface area contributed by atoms with Gasteiger partial charge in [0.2, 0.25) is 10.0 Å². The predicted molar refractivity (Wildman–Crippen MR) is 134 cm³/mol. The van der Waals surface area contributed by atoms with Crippen molar-refractivity contribution in [3.05, 3.63) is 77.4 Å². The van der Waals surface area contributed by atoms with Crippen molar-refractivity contribution >= 4 is 21.4 Å². The highest BCUT2D eigenvalue weighted by molar-refractivity contribution is 7.89. The lowest BCUT2D eigenvalue weighted by atomic mass is 10.0. The lowest BCUT2D eigenvalue weighted by molar-refractivity contribution is 0.581. The molecule has 6 nitrogen and oxygen atoms in total. The van der Waals surface area contributed by atoms with Crippen molar-refractivity contribution in [1.29, 1.82) is 0 Å². The molecule has 1 aromatic carbocycles. The highest BCUT2D eigenvalue weighted by Gasteiger charge is 2.19. The molecule has 0 aliphatic heterocycles. The van der Waals surface area contributed by atoms with E-state index in [1.54, 1.807) is 35.9 Å². The molecule has 33 heavy (non-hydrogen) atoms. The van der Waals surface area contributed by atoms with Gasteiger partial charge in [-0.15, -0.1) is 11.3 Å². The fourth-order valence-electron chi connectivity index (χ4n) is 3.79. The van der Waals surface area contributed by atoms with Crippen molar-refractivity contribution in [2.45, 2.75) is 43.9 Å². The van der Waals surface area contributed by atoms with Crippen LogP contribution >= 0.6 is 11.3 Å². The van der Waals surface area contributed by atoms with Crippen LogP contribution in [0.1, 0.15) is 37.3 Å². The quantitative estimate of drug-likeness (QED) is 0.279. The number of thiophene rings is 1. The Labute approximate surface area is 199 Å². The van der Waals surface area contributed by atoms with Crippen molar-refractivity contribution in [2.24, 2.45) is 0 Å². The topological polar surface area (TPSA) is 87.7 Å². The van der Waals surface area contributed by atoms with E-state index in [0.29, 0.717) is 11.3 Å². The zero-order valence-corrected chi connectivity index (χ0v) is 20.3. The number of nitrogens with one attached hydrogen (secondary N) is 2. The van der Waals surface area contributed by atoms with E-state index >= 15 is 0 Å². The summed E-state index contributed by atoms with van der Waals surface area (Å²) in [7, 11) is -3.59. The smallest absolute Gasteiger partial charge is 0.240 e. The average Bonchev–Trinajstić information content (AvgIpc) is 3.50. The Balaban J connectivity index is 1.48. The number of aromatic amines is 1. The Morgan fingerprint density at radius 1 is 1.00 bits per heavy atom. The highest BCUT2D eigenvalue weighted by atomic mass is 32.2. The summed E-state index contributed by atoms with van der Waals surface area (Å²) < 4.78 is 28.5. The maximum atomic E-state index is 12.9. The first-order valence-corrected chi connectivity index (χ1v) is 13.5. The number of sulfonamides is 1. The second kappa shape index (κ2) is 10.9. The Hall–Kier alpha value is -2.81. The highest BCUT2D eigenvalue weighted by Crippen LogP contribution is 2.32. The van der Waals surface area contributed by atoms with Gasteiger partial charge in [0.15, 0.2) is 0 Å². The molecular weight excluding hydrogens is 452 g/mol. The van der Waals surface area contributed by atoms with Gasteiger partial charge in [-0.05, 0) is 60.5 Å². The van der Waals surface area contributed by atoms with Crippen LogP contribution in [0, 0.1) is 0 Å². The number of benzene rings is 1. The predicted octanol–water partition coefficient (Wildman–Crippen LogP) is 5.45. The number of hydrogen-bond acceptors (Lipinski definition) is 5. The largest absolute Gasteiger partial charge is 0.277 e. The van der Waals surface area contributed by atoms with E-state index < -0.39 is 10.0 Å². The van der Waals surface area contributed by atoms with Crippen LogP contribution in [0.25, 0.3) is 21.8 Å². The van der Waals surface area contributed by atoms with Gasteiger partial charge < -0.3 is 0 Å². The summed E-state index contributed by atoms with van der Waals surface area (Å²) in [5.74, 6) is 0. The van der Waals surface area contributed by atoms with Crippen LogP contribution in [0.3, 0.4) is 0 Å². The number of hydrogen-bond donors (Lipinski definition) is 2. The maximum absolute atomic E-state index is 12.9. The molecule has 3 heterocycles. The SMILES string of the molecule is CCCCCc1ccc(S(=O)(=O)NCCc2c(-c3cccs3)n[nH]c2-c2ccncc2)cc1. The van der Waals surface area contributed by atoms with Crippen LogP contribution in [0.15, 0.2) is 71.2 Å². The molecule has 172 valence electrons. The Bertz CT molecular complexity index is 1250. The molecule has 0 unspecified atom stereocenters. The molecule has 2 N–H and O–H groups in total. The summed E-state index contributed by atoms with van der Waals surface area (Å²) in [6, 6.07) is 15.1. The van der Waals surface area contributed by atoms with Gasteiger partial charge in [-0.25, -0.2) is 13.1 Å². The van der Waals surface area contributed by atoms with Gasteiger partial charge >= 0.3 is 0 Å². The van der Waals surface area contributed by atoms with Gasteiger partial charge in [-0.2, -0.15) is 5.10 Å². The van der Waals surface area contributed by atoms with Gasteiger partial charge in [0.25, 0.3) is 0 Å². The third kappa shape index (κ3) is 5.76. The van der Waals surface area contributed by atoms with Gasteiger partial charge in [0.05, 0.1) is 15.5 Å². The van der Waals surface area contributed by atoms with E-state index in [0.717, 1.165) is 40.2 Å². The minimum atomic E-state index is -3.59. The summed E-state index contributed by atoms with van der Waals surface area (Å²) in [6.07, 6.45) is 8.44. The molecule has 0 radical (unpaired) electrons. The summed E-state index contributed by atoms with van der Waals surface area (Å²) in [5, 5.41) is 9.68. The normalized spacial score (nSPS) is 11.7. The monoisotopic (exact) mass is 480 g/mol. The van der Waals surface area contributed by atoms with Gasteiger partial charge in [0, 0.05) is 30.1 Å². The fraction of sp³-hybridized carbons (Fsp3) is 0.280. The molecule has 0 saturated heterocycles. The fourth-order valence-corrected chi connectivity index (χ4v) is 5.56. The first-order valence-electron chi connectivity index (χ1n) is 11.2. The molecule has 0 bridgehead atoms. The van der Waals surface area contributed by atoms with Crippen molar-refractivity contribution in [2.75, 3.05) is 6.54 Å². The Morgan fingerprint density at radius 2 is 1.79 bits per heavy atom. The van der Waals surface area contributed by atoms with E-state index in [4.69, 9.17) is 0 Å². The lowest BCUT2D eigenvalue weighted by Gasteiger charge is -2.09. The minimum Gasteiger partial charge on any atom is -0.277 e. The van der Waals surface area contributed by atoms with E-state index in [9.17, 15) is 8.42 Å². The van der Waals surface area contributed by atoms with Gasteiger partial charge in [-0.1, -0.05) is 38.0 Å². The van der Waals surface area contributed by atoms with Crippen molar-refractivity contribution in [3.63, 3.8) is 0 Å². The van der Waals surface area contributed by atoms with Crippen molar-refractivity contribution in [1.82, 2.24) is 19.9 Å². The summed E-state index contributed by atoms with van der Waals surface area (Å²) in [6.45, 7) is 2.45. The number of aryl methyl sites for hydroxylation is 1. The Morgan fingerprint density at radius 3 is 2.48 bits per heavy atom. The molecule has 4 rings (SSSR count).